The van der Waals surface area contributed by atoms with Crippen LogP contribution in [0.4, 0.5) is 10.5 Å². The van der Waals surface area contributed by atoms with Crippen LogP contribution in [-0.4, -0.2) is 44.1 Å². The summed E-state index contributed by atoms with van der Waals surface area (Å²) in [6, 6.07) is 4.61. The number of rotatable bonds is 4. The molecule has 1 aromatic rings. The van der Waals surface area contributed by atoms with Gasteiger partial charge in [0.2, 0.25) is 5.75 Å². The van der Waals surface area contributed by atoms with Crippen LogP contribution in [0, 0.1) is 10.1 Å². The molecule has 112 valence electrons. The number of ether oxygens (including phenoxy) is 1. The highest BCUT2D eigenvalue weighted by Gasteiger charge is 2.20. The van der Waals surface area contributed by atoms with Crippen molar-refractivity contribution in [3.8, 4) is 5.75 Å². The predicted octanol–water partition coefficient (Wildman–Crippen LogP) is -2.70. The predicted molar refractivity (Wildman–Crippen MR) is 69.3 cm³/mol. The van der Waals surface area contributed by atoms with Gasteiger partial charge in [0.1, 0.15) is 6.54 Å². The lowest BCUT2D eigenvalue weighted by molar-refractivity contribution is -0.872. The lowest BCUT2D eigenvalue weighted by Gasteiger charge is -2.12. The number of hydrogen-bond donors (Lipinski definition) is 1. The van der Waals surface area contributed by atoms with E-state index in [0.717, 1.165) is 10.5 Å². The van der Waals surface area contributed by atoms with E-state index in [1.807, 2.05) is 14.1 Å². The van der Waals surface area contributed by atoms with Gasteiger partial charge >= 0.3 is 11.8 Å². The molecule has 1 rings (SSSR count). The number of nitrogens with zero attached hydrogens (tertiary/aromatic N) is 2. The molecule has 1 aromatic carbocycles. The van der Waals surface area contributed by atoms with Crippen molar-refractivity contribution in [3.05, 3.63) is 33.9 Å². The molecule has 1 amide bonds. The number of hydrogen-bond acceptors (Lipinski definition) is 4. The van der Waals surface area contributed by atoms with E-state index in [9.17, 15) is 14.9 Å². The summed E-state index contributed by atoms with van der Waals surface area (Å²) in [4.78, 5) is 24.2. The average Bonchev–Trinajstić information content (AvgIpc) is 2.29. The van der Waals surface area contributed by atoms with Gasteiger partial charge in [-0.1, -0.05) is 0 Å². The zero-order valence-corrected chi connectivity index (χ0v) is 12.6. The van der Waals surface area contributed by atoms with Crippen molar-refractivity contribution < 1.29 is 31.8 Å². The van der Waals surface area contributed by atoms with Crippen LogP contribution in [0.15, 0.2) is 18.2 Å². The maximum Gasteiger partial charge on any atom is 0.414 e. The Bertz CT molecular complexity index is 492. The van der Waals surface area contributed by atoms with Crippen LogP contribution in [0.3, 0.4) is 0 Å². The number of halogens is 1. The number of benzene rings is 1. The first-order valence-electron chi connectivity index (χ1n) is 5.76. The molecule has 20 heavy (non-hydrogen) atoms. The first-order chi connectivity index (χ1) is 8.81. The quantitative estimate of drug-likeness (QED) is 0.485. The topological polar surface area (TPSA) is 77.1 Å². The highest BCUT2D eigenvalue weighted by Crippen LogP contribution is 2.28. The van der Waals surface area contributed by atoms with Gasteiger partial charge in [-0.25, -0.2) is 4.79 Å². The highest BCUT2D eigenvalue weighted by atomic mass is 35.5. The number of carbonyl (C=O) groups is 1. The Morgan fingerprint density at radius 3 is 2.45 bits per heavy atom. The van der Waals surface area contributed by atoms with Crippen molar-refractivity contribution in [3.63, 3.8) is 0 Å². The zero-order chi connectivity index (χ0) is 14.6. The zero-order valence-electron chi connectivity index (χ0n) is 11.8. The molecule has 0 aliphatic rings. The van der Waals surface area contributed by atoms with Crippen LogP contribution in [0.1, 0.15) is 5.56 Å². The van der Waals surface area contributed by atoms with Crippen molar-refractivity contribution in [2.75, 3.05) is 28.2 Å². The molecule has 0 heterocycles. The van der Waals surface area contributed by atoms with E-state index in [2.05, 4.69) is 0 Å². The van der Waals surface area contributed by atoms with Gasteiger partial charge in [-0.3, -0.25) is 10.1 Å². The average molecular weight is 304 g/mol. The fourth-order valence-corrected chi connectivity index (χ4v) is 1.50. The molecule has 0 aromatic heterocycles. The Hall–Kier alpha value is -1.86. The molecule has 0 unspecified atom stereocenters. The highest BCUT2D eigenvalue weighted by molar-refractivity contribution is 5.71. The second-order valence-electron chi connectivity index (χ2n) is 4.71. The van der Waals surface area contributed by atoms with Gasteiger partial charge in [0.05, 0.1) is 19.0 Å². The van der Waals surface area contributed by atoms with Gasteiger partial charge < -0.3 is 26.9 Å². The van der Waals surface area contributed by atoms with E-state index in [1.54, 1.807) is 6.07 Å². The second-order valence-corrected chi connectivity index (χ2v) is 4.71. The lowest BCUT2D eigenvalue weighted by Crippen LogP contribution is -3.04. The SMILES string of the molecule is CN(C)C(=O)Oc1ccc(C[NH+](C)C)cc1[N+](=O)[O-].[Cl-]. The van der Waals surface area contributed by atoms with Crippen LogP contribution in [-0.2, 0) is 6.54 Å². The summed E-state index contributed by atoms with van der Waals surface area (Å²) in [6.07, 6.45) is -0.644. The maximum absolute atomic E-state index is 11.4. The van der Waals surface area contributed by atoms with Crippen molar-refractivity contribution in [2.24, 2.45) is 0 Å². The molecule has 0 aliphatic carbocycles. The van der Waals surface area contributed by atoms with Gasteiger partial charge in [-0.2, -0.15) is 0 Å². The van der Waals surface area contributed by atoms with Crippen molar-refractivity contribution >= 4 is 11.8 Å². The maximum atomic E-state index is 11.4. The van der Waals surface area contributed by atoms with Crippen LogP contribution in [0.2, 0.25) is 0 Å². The van der Waals surface area contributed by atoms with E-state index in [1.165, 1.54) is 31.1 Å². The summed E-state index contributed by atoms with van der Waals surface area (Å²) < 4.78 is 4.97. The molecule has 8 heteroatoms. The standard InChI is InChI=1S/C12H17N3O4.ClH/c1-13(2)8-9-5-6-11(10(7-9)15(17)18)19-12(16)14(3)4;/h5-7H,8H2,1-4H3;1H. The van der Waals surface area contributed by atoms with Crippen molar-refractivity contribution in [2.45, 2.75) is 6.54 Å². The summed E-state index contributed by atoms with van der Waals surface area (Å²) in [5.41, 5.74) is 0.616. The summed E-state index contributed by atoms with van der Waals surface area (Å²) in [5, 5.41) is 11.0. The summed E-state index contributed by atoms with van der Waals surface area (Å²) in [5.74, 6) is -0.0405. The molecular weight excluding hydrogens is 286 g/mol. The molecule has 0 aliphatic heterocycles. The van der Waals surface area contributed by atoms with E-state index < -0.39 is 11.0 Å². The summed E-state index contributed by atoms with van der Waals surface area (Å²) in [6.45, 7) is 0.656. The first-order valence-corrected chi connectivity index (χ1v) is 5.76. The molecular formula is C12H18ClN3O4. The minimum Gasteiger partial charge on any atom is -1.00 e. The molecule has 1 N–H and O–H groups in total. The van der Waals surface area contributed by atoms with E-state index in [4.69, 9.17) is 4.74 Å². The van der Waals surface area contributed by atoms with Crippen LogP contribution in [0.5, 0.6) is 5.75 Å². The Morgan fingerprint density at radius 1 is 1.40 bits per heavy atom. The smallest absolute Gasteiger partial charge is 0.414 e. The van der Waals surface area contributed by atoms with Gasteiger partial charge in [0, 0.05) is 25.7 Å². The number of nitrogens with one attached hydrogen (secondary N) is 1. The molecule has 0 bridgehead atoms. The normalized spacial score (nSPS) is 9.85. The Morgan fingerprint density at radius 2 is 2.00 bits per heavy atom. The fraction of sp³-hybridized carbons (Fsp3) is 0.417. The minimum atomic E-state index is -0.644. The molecule has 0 fully saturated rings. The number of carbonyl (C=O) groups excluding carboxylic acids is 1. The molecule has 0 atom stereocenters. The molecule has 0 saturated heterocycles. The third-order valence-corrected chi connectivity index (χ3v) is 2.34. The van der Waals surface area contributed by atoms with Crippen LogP contribution < -0.4 is 22.0 Å². The van der Waals surface area contributed by atoms with Gasteiger partial charge in [-0.15, -0.1) is 0 Å². The molecule has 0 radical (unpaired) electrons. The van der Waals surface area contributed by atoms with Gasteiger partial charge in [0.15, 0.2) is 0 Å². The second kappa shape index (κ2) is 7.66. The Labute approximate surface area is 123 Å². The molecule has 0 spiro atoms. The largest absolute Gasteiger partial charge is 1.00 e. The van der Waals surface area contributed by atoms with Gasteiger partial charge in [-0.05, 0) is 12.1 Å². The molecule has 0 saturated carbocycles. The van der Waals surface area contributed by atoms with E-state index >= 15 is 0 Å². The number of nitro benzene ring substituents is 1. The van der Waals surface area contributed by atoms with Crippen molar-refractivity contribution in [1.29, 1.82) is 0 Å². The fourth-order valence-electron chi connectivity index (χ4n) is 1.50. The van der Waals surface area contributed by atoms with E-state index in [0.29, 0.717) is 6.54 Å². The van der Waals surface area contributed by atoms with E-state index in [-0.39, 0.29) is 23.8 Å². The number of quaternary nitrogens is 1. The monoisotopic (exact) mass is 303 g/mol. The van der Waals surface area contributed by atoms with Crippen LogP contribution in [0.25, 0.3) is 0 Å². The number of amides is 1. The summed E-state index contributed by atoms with van der Waals surface area (Å²) in [7, 11) is 6.92. The van der Waals surface area contributed by atoms with Gasteiger partial charge in [0.25, 0.3) is 0 Å². The third-order valence-electron chi connectivity index (χ3n) is 2.34. The number of nitro groups is 1. The van der Waals surface area contributed by atoms with Crippen molar-refractivity contribution in [1.82, 2.24) is 4.90 Å². The molecule has 7 nitrogen and oxygen atoms in total. The summed E-state index contributed by atoms with van der Waals surface area (Å²) >= 11 is 0. The minimum absolute atomic E-state index is 0. The van der Waals surface area contributed by atoms with Crippen LogP contribution >= 0.6 is 0 Å². The lowest BCUT2D eigenvalue weighted by atomic mass is 10.2. The first kappa shape index (κ1) is 18.1. The Balaban J connectivity index is 0.00000361. The Kier molecular flexibility index (Phi) is 6.95. The third kappa shape index (κ3) is 5.02.